The molecule has 0 fully saturated rings. The van der Waals surface area contributed by atoms with Crippen molar-refractivity contribution in [1.82, 2.24) is 0 Å². The van der Waals surface area contributed by atoms with E-state index in [9.17, 15) is 3.83 Å². The summed E-state index contributed by atoms with van der Waals surface area (Å²) in [5.41, 5.74) is 1.19. The van der Waals surface area contributed by atoms with Gasteiger partial charge in [0.05, 0.1) is 0 Å². The van der Waals surface area contributed by atoms with Crippen LogP contribution in [0.5, 0.6) is 0 Å². The average molecular weight is 201 g/mol. The van der Waals surface area contributed by atoms with E-state index in [4.69, 9.17) is 0 Å². The summed E-state index contributed by atoms with van der Waals surface area (Å²) < 4.78 is 10.8. The fourth-order valence-electron chi connectivity index (χ4n) is 0.809. The van der Waals surface area contributed by atoms with E-state index >= 15 is 0 Å². The second-order valence-electron chi connectivity index (χ2n) is 2.20. The van der Waals surface area contributed by atoms with Crippen molar-refractivity contribution in [2.75, 3.05) is 0 Å². The van der Waals surface area contributed by atoms with Crippen molar-refractivity contribution in [3.8, 4) is 0 Å². The minimum absolute atomic E-state index is 0.765. The number of rotatable bonds is 2. The maximum atomic E-state index is 10.8. The summed E-state index contributed by atoms with van der Waals surface area (Å²) in [5, 5.41) is 0.765. The van der Waals surface area contributed by atoms with Crippen LogP contribution in [0.25, 0.3) is 0 Å². The van der Waals surface area contributed by atoms with Crippen molar-refractivity contribution >= 4 is 13.8 Å². The monoisotopic (exact) mass is 202 g/mol. The third-order valence-electron chi connectivity index (χ3n) is 1.21. The first kappa shape index (κ1) is 7.64. The molecule has 1 aromatic rings. The first-order valence-corrected chi connectivity index (χ1v) is 6.75. The Morgan fingerprint density at radius 1 is 1.30 bits per heavy atom. The van der Waals surface area contributed by atoms with Gasteiger partial charge in [0.2, 0.25) is 0 Å². The van der Waals surface area contributed by atoms with Crippen LogP contribution in [0, 0.1) is 0 Å². The molecule has 1 nitrogen and oxygen atoms in total. The number of hydrogen-bond acceptors (Lipinski definition) is 1. The molecule has 0 bridgehead atoms. The van der Waals surface area contributed by atoms with Gasteiger partial charge < -0.3 is 0 Å². The zero-order valence-corrected chi connectivity index (χ0v) is 7.62. The molecular weight excluding hydrogens is 191 g/mol. The van der Waals surface area contributed by atoms with Crippen LogP contribution in [0.1, 0.15) is 5.56 Å². The van der Waals surface area contributed by atoms with E-state index in [2.05, 4.69) is 0 Å². The molecule has 1 unspecified atom stereocenters. The molecule has 0 amide bonds. The van der Waals surface area contributed by atoms with Crippen LogP contribution >= 0.6 is 0 Å². The van der Waals surface area contributed by atoms with Gasteiger partial charge in [0.1, 0.15) is 0 Å². The van der Waals surface area contributed by atoms with Gasteiger partial charge >= 0.3 is 64.7 Å². The van der Waals surface area contributed by atoms with Gasteiger partial charge in [-0.25, -0.2) is 0 Å². The van der Waals surface area contributed by atoms with Gasteiger partial charge in [0, 0.05) is 0 Å². The Hall–Kier alpha value is -0.461. The number of benzene rings is 1. The van der Waals surface area contributed by atoms with E-state index in [1.165, 1.54) is 5.56 Å². The van der Waals surface area contributed by atoms with Gasteiger partial charge in [-0.05, 0) is 0 Å². The molecule has 54 valence electrons. The van der Waals surface area contributed by atoms with E-state index in [1.807, 2.05) is 36.2 Å². The molecule has 1 aromatic carbocycles. The molecule has 0 heterocycles. The fraction of sp³-hybridized carbons (Fsp3) is 0.250. The zero-order valence-electron chi connectivity index (χ0n) is 5.91. The van der Waals surface area contributed by atoms with Crippen LogP contribution in [0.4, 0.5) is 0 Å². The topological polar surface area (TPSA) is 17.1 Å². The first-order chi connectivity index (χ1) is 4.79. The van der Waals surface area contributed by atoms with Gasteiger partial charge in [-0.1, -0.05) is 0 Å². The van der Waals surface area contributed by atoms with E-state index in [0.717, 1.165) is 5.32 Å². The van der Waals surface area contributed by atoms with Gasteiger partial charge in [-0.15, -0.1) is 0 Å². The second kappa shape index (κ2) is 3.65. The Morgan fingerprint density at radius 3 is 2.40 bits per heavy atom. The van der Waals surface area contributed by atoms with E-state index in [-0.39, 0.29) is 0 Å². The molecule has 0 aromatic heterocycles. The summed E-state index contributed by atoms with van der Waals surface area (Å²) in [5.74, 6) is 1.81. The summed E-state index contributed by atoms with van der Waals surface area (Å²) in [4.78, 5) is 0. The fourth-order valence-corrected chi connectivity index (χ4v) is 2.20. The Bertz CT molecular complexity index is 218. The first-order valence-electron chi connectivity index (χ1n) is 3.13. The van der Waals surface area contributed by atoms with Gasteiger partial charge in [0.25, 0.3) is 0 Å². The molecule has 0 spiro atoms. The second-order valence-corrected chi connectivity index (χ2v) is 5.21. The summed E-state index contributed by atoms with van der Waals surface area (Å²) in [7, 11) is 0. The molecule has 1 atom stereocenters. The predicted octanol–water partition coefficient (Wildman–Crippen LogP) is 1.82. The Labute approximate surface area is 65.2 Å². The summed E-state index contributed by atoms with van der Waals surface area (Å²) in [6.45, 7) is 0. The normalized spacial score (nSPS) is 12.9. The van der Waals surface area contributed by atoms with E-state index in [1.54, 1.807) is 0 Å². The van der Waals surface area contributed by atoms with Crippen molar-refractivity contribution in [3.63, 3.8) is 0 Å². The van der Waals surface area contributed by atoms with Crippen LogP contribution in [-0.2, 0) is 9.15 Å². The molecular formula is C8H10OSe. The molecule has 0 aliphatic heterocycles. The van der Waals surface area contributed by atoms with Crippen molar-refractivity contribution in [1.29, 1.82) is 0 Å². The number of hydrogen-bond donors (Lipinski definition) is 0. The van der Waals surface area contributed by atoms with Gasteiger partial charge in [0.15, 0.2) is 0 Å². The van der Waals surface area contributed by atoms with Crippen molar-refractivity contribution in [3.05, 3.63) is 35.9 Å². The molecule has 0 N–H and O–H groups in total. The van der Waals surface area contributed by atoms with Crippen LogP contribution in [0.15, 0.2) is 30.3 Å². The Morgan fingerprint density at radius 2 is 1.90 bits per heavy atom. The quantitative estimate of drug-likeness (QED) is 0.667. The molecule has 0 saturated carbocycles. The summed E-state index contributed by atoms with van der Waals surface area (Å²) in [6, 6.07) is 9.95. The standard InChI is InChI=1S/C8H10OSe/c1-10(9)7-8-5-3-2-4-6-8/h2-6H,7H2,1H3. The average Bonchev–Trinajstić information content (AvgIpc) is 1.88. The van der Waals surface area contributed by atoms with Crippen LogP contribution in [-0.4, -0.2) is 13.8 Å². The third kappa shape index (κ3) is 2.42. The van der Waals surface area contributed by atoms with Crippen LogP contribution < -0.4 is 0 Å². The molecule has 0 radical (unpaired) electrons. The van der Waals surface area contributed by atoms with Crippen molar-refractivity contribution < 1.29 is 3.83 Å². The van der Waals surface area contributed by atoms with Gasteiger partial charge in [-0.2, -0.15) is 0 Å². The van der Waals surface area contributed by atoms with Crippen LogP contribution in [0.2, 0.25) is 5.82 Å². The summed E-state index contributed by atoms with van der Waals surface area (Å²) in [6.07, 6.45) is 0. The summed E-state index contributed by atoms with van der Waals surface area (Å²) >= 11 is -1.53. The predicted molar refractivity (Wildman–Crippen MR) is 42.5 cm³/mol. The van der Waals surface area contributed by atoms with E-state index < -0.39 is 13.8 Å². The maximum absolute atomic E-state index is 10.8. The molecule has 10 heavy (non-hydrogen) atoms. The SMILES string of the molecule is C[Se](=O)Cc1ccccc1. The Balaban J connectivity index is 2.67. The third-order valence-corrected chi connectivity index (χ3v) is 2.77. The molecule has 0 aliphatic carbocycles. The van der Waals surface area contributed by atoms with Gasteiger partial charge in [-0.3, -0.25) is 0 Å². The minimum atomic E-state index is -1.53. The zero-order chi connectivity index (χ0) is 7.40. The molecule has 0 aliphatic rings. The molecule has 2 heteroatoms. The van der Waals surface area contributed by atoms with Crippen LogP contribution in [0.3, 0.4) is 0 Å². The Kier molecular flexibility index (Phi) is 2.79. The molecule has 0 saturated heterocycles. The molecule has 1 rings (SSSR count). The van der Waals surface area contributed by atoms with E-state index in [0.29, 0.717) is 0 Å². The van der Waals surface area contributed by atoms with Crippen molar-refractivity contribution in [2.45, 2.75) is 11.1 Å². The van der Waals surface area contributed by atoms with Crippen molar-refractivity contribution in [2.24, 2.45) is 0 Å².